The molecule has 0 radical (unpaired) electrons. The number of carbonyl (C=O) groups excluding carboxylic acids is 1. The summed E-state index contributed by atoms with van der Waals surface area (Å²) in [6.07, 6.45) is 1.94. The van der Waals surface area contributed by atoms with Gasteiger partial charge in [-0.3, -0.25) is 4.79 Å². The number of nitrogens with one attached hydrogen (secondary N) is 1. The smallest absolute Gasteiger partial charge is 0.241 e. The maximum absolute atomic E-state index is 12.4. The van der Waals surface area contributed by atoms with E-state index in [2.05, 4.69) is 19.2 Å². The van der Waals surface area contributed by atoms with Crippen LogP contribution < -0.4 is 10.1 Å². The summed E-state index contributed by atoms with van der Waals surface area (Å²) in [5, 5.41) is 3.21. The Morgan fingerprint density at radius 1 is 0.958 bits per heavy atom. The molecule has 0 aliphatic rings. The van der Waals surface area contributed by atoms with Crippen LogP contribution in [0.2, 0.25) is 0 Å². The summed E-state index contributed by atoms with van der Waals surface area (Å²) in [6, 6.07) is 17.3. The van der Waals surface area contributed by atoms with Crippen LogP contribution >= 0.6 is 0 Å². The lowest BCUT2D eigenvalue weighted by Gasteiger charge is -2.22. The summed E-state index contributed by atoms with van der Waals surface area (Å²) < 4.78 is 5.91. The third-order valence-corrected chi connectivity index (χ3v) is 3.63. The molecule has 0 atom stereocenters. The van der Waals surface area contributed by atoms with Gasteiger partial charge in [0.15, 0.2) is 5.75 Å². The monoisotopic (exact) mass is 326 g/mol. The van der Waals surface area contributed by atoms with Crippen LogP contribution in [0.15, 0.2) is 54.6 Å². The first-order valence-electron chi connectivity index (χ1n) is 8.58. The predicted molar refractivity (Wildman–Crippen MR) is 98.6 cm³/mol. The van der Waals surface area contributed by atoms with Gasteiger partial charge in [-0.25, -0.2) is 0 Å². The molecule has 0 spiro atoms. The number of amides is 1. The fourth-order valence-electron chi connectivity index (χ4n) is 2.50. The molecular formula is C20H26N2O2. The summed E-state index contributed by atoms with van der Waals surface area (Å²) in [5.74, 6) is 1.61. The van der Waals surface area contributed by atoms with Gasteiger partial charge in [0.25, 0.3) is 0 Å². The molecule has 4 nitrogen and oxygen atoms in total. The molecule has 24 heavy (non-hydrogen) atoms. The van der Waals surface area contributed by atoms with Crippen LogP contribution in [0, 0.1) is 0 Å². The van der Waals surface area contributed by atoms with Gasteiger partial charge in [0, 0.05) is 13.1 Å². The van der Waals surface area contributed by atoms with Gasteiger partial charge in [0.2, 0.25) is 5.91 Å². The summed E-state index contributed by atoms with van der Waals surface area (Å²) in [5.41, 5.74) is 0.822. The van der Waals surface area contributed by atoms with Gasteiger partial charge in [-0.05, 0) is 37.1 Å². The largest absolute Gasteiger partial charge is 0.455 e. The Kier molecular flexibility index (Phi) is 7.15. The second-order valence-electron chi connectivity index (χ2n) is 5.65. The quantitative estimate of drug-likeness (QED) is 0.735. The highest BCUT2D eigenvalue weighted by Crippen LogP contribution is 2.28. The zero-order valence-corrected chi connectivity index (χ0v) is 14.5. The molecule has 1 amide bonds. The normalized spacial score (nSPS) is 10.2. The van der Waals surface area contributed by atoms with E-state index in [1.165, 1.54) is 0 Å². The van der Waals surface area contributed by atoms with Crippen molar-refractivity contribution in [2.24, 2.45) is 0 Å². The Balaban J connectivity index is 2.01. The average molecular weight is 326 g/mol. The summed E-state index contributed by atoms with van der Waals surface area (Å²) in [6.45, 7) is 6.06. The zero-order valence-electron chi connectivity index (χ0n) is 14.5. The van der Waals surface area contributed by atoms with Gasteiger partial charge in [-0.1, -0.05) is 44.2 Å². The zero-order chi connectivity index (χ0) is 17.2. The molecular weight excluding hydrogens is 300 g/mol. The van der Waals surface area contributed by atoms with Crippen molar-refractivity contribution in [3.63, 3.8) is 0 Å². The molecule has 2 rings (SSSR count). The minimum absolute atomic E-state index is 0.119. The van der Waals surface area contributed by atoms with Gasteiger partial charge < -0.3 is 15.0 Å². The fraction of sp³-hybridized carbons (Fsp3) is 0.350. The van der Waals surface area contributed by atoms with Gasteiger partial charge in [-0.2, -0.15) is 0 Å². The highest BCUT2D eigenvalue weighted by molar-refractivity contribution is 5.81. The average Bonchev–Trinajstić information content (AvgIpc) is 2.61. The van der Waals surface area contributed by atoms with Crippen LogP contribution in [0.1, 0.15) is 26.7 Å². The Hall–Kier alpha value is -2.49. The Bertz CT molecular complexity index is 623. The lowest BCUT2D eigenvalue weighted by molar-refractivity contribution is -0.129. The van der Waals surface area contributed by atoms with Crippen LogP contribution in [0.25, 0.3) is 0 Å². The van der Waals surface area contributed by atoms with E-state index in [0.717, 1.165) is 37.4 Å². The standard InChI is InChI=1S/C20H26N2O2/c1-3-14-22(15-4-2)20(23)16-21-18-12-8-9-13-19(18)24-17-10-6-5-7-11-17/h5-13,21H,3-4,14-16H2,1-2H3. The maximum atomic E-state index is 12.4. The van der Waals surface area contributed by atoms with Gasteiger partial charge in [0.1, 0.15) is 5.75 Å². The number of anilines is 1. The molecule has 0 fully saturated rings. The molecule has 0 unspecified atom stereocenters. The van der Waals surface area contributed by atoms with Crippen molar-refractivity contribution >= 4 is 11.6 Å². The minimum atomic E-state index is 0.119. The second kappa shape index (κ2) is 9.60. The number of rotatable bonds is 9. The first-order chi connectivity index (χ1) is 11.7. The van der Waals surface area contributed by atoms with Crippen molar-refractivity contribution in [1.82, 2.24) is 4.90 Å². The number of hydrogen-bond acceptors (Lipinski definition) is 3. The SMILES string of the molecule is CCCN(CCC)C(=O)CNc1ccccc1Oc1ccccc1. The molecule has 1 N–H and O–H groups in total. The van der Waals surface area contributed by atoms with E-state index in [4.69, 9.17) is 4.74 Å². The van der Waals surface area contributed by atoms with Crippen LogP contribution in [0.3, 0.4) is 0 Å². The van der Waals surface area contributed by atoms with E-state index in [1.807, 2.05) is 59.5 Å². The molecule has 128 valence electrons. The number of ether oxygens (including phenoxy) is 1. The van der Waals surface area contributed by atoms with Gasteiger partial charge >= 0.3 is 0 Å². The number of para-hydroxylation sites is 3. The van der Waals surface area contributed by atoms with Crippen molar-refractivity contribution in [3.05, 3.63) is 54.6 Å². The molecule has 0 saturated carbocycles. The number of nitrogens with zero attached hydrogens (tertiary/aromatic N) is 1. The van der Waals surface area contributed by atoms with E-state index in [1.54, 1.807) is 0 Å². The molecule has 0 heterocycles. The van der Waals surface area contributed by atoms with E-state index in [0.29, 0.717) is 5.75 Å². The van der Waals surface area contributed by atoms with Gasteiger partial charge in [-0.15, -0.1) is 0 Å². The number of hydrogen-bond donors (Lipinski definition) is 1. The van der Waals surface area contributed by atoms with Crippen LogP contribution in [-0.2, 0) is 4.79 Å². The van der Waals surface area contributed by atoms with Crippen molar-refractivity contribution in [3.8, 4) is 11.5 Å². The fourth-order valence-corrected chi connectivity index (χ4v) is 2.50. The van der Waals surface area contributed by atoms with Crippen LogP contribution in [0.5, 0.6) is 11.5 Å². The predicted octanol–water partition coefficient (Wildman–Crippen LogP) is 4.54. The van der Waals surface area contributed by atoms with E-state index in [-0.39, 0.29) is 12.5 Å². The minimum Gasteiger partial charge on any atom is -0.455 e. The second-order valence-corrected chi connectivity index (χ2v) is 5.65. The van der Waals surface area contributed by atoms with Crippen LogP contribution in [0.4, 0.5) is 5.69 Å². The third kappa shape index (κ3) is 5.30. The van der Waals surface area contributed by atoms with Gasteiger partial charge in [0.05, 0.1) is 12.2 Å². The van der Waals surface area contributed by atoms with E-state index < -0.39 is 0 Å². The summed E-state index contributed by atoms with van der Waals surface area (Å²) >= 11 is 0. The molecule has 0 aliphatic heterocycles. The summed E-state index contributed by atoms with van der Waals surface area (Å²) in [4.78, 5) is 14.3. The lowest BCUT2D eigenvalue weighted by atomic mass is 10.2. The first-order valence-corrected chi connectivity index (χ1v) is 8.58. The van der Waals surface area contributed by atoms with Crippen molar-refractivity contribution < 1.29 is 9.53 Å². The van der Waals surface area contributed by atoms with Crippen LogP contribution in [-0.4, -0.2) is 30.4 Å². The Morgan fingerprint density at radius 3 is 2.25 bits per heavy atom. The molecule has 0 aromatic heterocycles. The molecule has 0 aliphatic carbocycles. The first kappa shape index (κ1) is 17.9. The molecule has 2 aromatic rings. The topological polar surface area (TPSA) is 41.6 Å². The highest BCUT2D eigenvalue weighted by atomic mass is 16.5. The highest BCUT2D eigenvalue weighted by Gasteiger charge is 2.12. The Labute approximate surface area is 144 Å². The lowest BCUT2D eigenvalue weighted by Crippen LogP contribution is -2.36. The number of carbonyl (C=O) groups is 1. The number of benzene rings is 2. The molecule has 4 heteroatoms. The Morgan fingerprint density at radius 2 is 1.58 bits per heavy atom. The van der Waals surface area contributed by atoms with Crippen molar-refractivity contribution in [2.45, 2.75) is 26.7 Å². The molecule has 0 bridgehead atoms. The maximum Gasteiger partial charge on any atom is 0.241 e. The van der Waals surface area contributed by atoms with Crippen molar-refractivity contribution in [2.75, 3.05) is 25.0 Å². The van der Waals surface area contributed by atoms with E-state index >= 15 is 0 Å². The van der Waals surface area contributed by atoms with Crippen molar-refractivity contribution in [1.29, 1.82) is 0 Å². The molecule has 2 aromatic carbocycles. The summed E-state index contributed by atoms with van der Waals surface area (Å²) in [7, 11) is 0. The van der Waals surface area contributed by atoms with E-state index in [9.17, 15) is 4.79 Å². The molecule has 0 saturated heterocycles. The third-order valence-electron chi connectivity index (χ3n) is 3.63.